The molecule has 1 N–H and O–H groups in total. The number of amides is 2. The van der Waals surface area contributed by atoms with Gasteiger partial charge in [0.15, 0.2) is 0 Å². The molecule has 7 nitrogen and oxygen atoms in total. The van der Waals surface area contributed by atoms with E-state index in [2.05, 4.69) is 4.98 Å². The SMILES string of the molecule is COC(c1cc(Cl)c2c(c1Cl)C(=O)N(Cc1c(C)cc(C)[nH]c1=O)CC2)C1CCN(C=O)CC1. The Morgan fingerprint density at radius 2 is 1.88 bits per heavy atom. The third kappa shape index (κ3) is 4.61. The first-order chi connectivity index (χ1) is 16.2. The number of ether oxygens (including phenoxy) is 1. The van der Waals surface area contributed by atoms with E-state index < -0.39 is 0 Å². The molecule has 0 saturated carbocycles. The molecule has 182 valence electrons. The Morgan fingerprint density at radius 3 is 2.50 bits per heavy atom. The standard InChI is InChI=1S/C25H29Cl2N3O4/c1-14-10-15(2)28-24(32)19(14)12-30-9-6-17-20(26)11-18(22(27)21(17)25(30)33)23(34-3)16-4-7-29(13-31)8-5-16/h10-11,13,16,23H,4-9,12H2,1-3H3,(H,28,32). The Morgan fingerprint density at radius 1 is 1.18 bits per heavy atom. The zero-order chi connectivity index (χ0) is 24.6. The molecule has 2 aromatic rings. The molecule has 1 aromatic heterocycles. The maximum Gasteiger partial charge on any atom is 0.256 e. The van der Waals surface area contributed by atoms with E-state index in [1.165, 1.54) is 0 Å². The van der Waals surface area contributed by atoms with E-state index in [4.69, 9.17) is 27.9 Å². The van der Waals surface area contributed by atoms with E-state index in [-0.39, 0.29) is 30.0 Å². The van der Waals surface area contributed by atoms with Crippen LogP contribution in [0.15, 0.2) is 16.9 Å². The van der Waals surface area contributed by atoms with Crippen molar-refractivity contribution in [3.63, 3.8) is 0 Å². The number of likely N-dealkylation sites (tertiary alicyclic amines) is 1. The number of carbonyl (C=O) groups is 2. The number of carbonyl (C=O) groups excluding carboxylic acids is 2. The number of aryl methyl sites for hydroxylation is 2. The number of rotatable bonds is 6. The third-order valence-corrected chi connectivity index (χ3v) is 7.78. The van der Waals surface area contributed by atoms with Crippen molar-refractivity contribution in [1.29, 1.82) is 0 Å². The van der Waals surface area contributed by atoms with Gasteiger partial charge in [-0.25, -0.2) is 0 Å². The molecule has 2 aliphatic rings. The van der Waals surface area contributed by atoms with E-state index in [9.17, 15) is 14.4 Å². The number of aromatic nitrogens is 1. The van der Waals surface area contributed by atoms with Crippen molar-refractivity contribution in [2.45, 2.75) is 45.8 Å². The van der Waals surface area contributed by atoms with Crippen LogP contribution >= 0.6 is 23.2 Å². The predicted molar refractivity (Wildman–Crippen MR) is 132 cm³/mol. The van der Waals surface area contributed by atoms with Gasteiger partial charge in [-0.05, 0) is 62.3 Å². The molecule has 0 radical (unpaired) electrons. The zero-order valence-corrected chi connectivity index (χ0v) is 21.1. The van der Waals surface area contributed by atoms with E-state index in [0.29, 0.717) is 52.8 Å². The maximum absolute atomic E-state index is 13.6. The Labute approximate surface area is 209 Å². The molecule has 1 atom stereocenters. The van der Waals surface area contributed by atoms with Crippen LogP contribution in [0.1, 0.15) is 57.3 Å². The summed E-state index contributed by atoms with van der Waals surface area (Å²) in [6.45, 7) is 5.67. The minimum absolute atomic E-state index is 0.149. The summed E-state index contributed by atoms with van der Waals surface area (Å²) in [6.07, 6.45) is 2.64. The number of piperidine rings is 1. The van der Waals surface area contributed by atoms with Crippen LogP contribution in [-0.4, -0.2) is 53.8 Å². The molecule has 2 amide bonds. The summed E-state index contributed by atoms with van der Waals surface area (Å²) in [5, 5.41) is 0.854. The van der Waals surface area contributed by atoms with E-state index in [1.54, 1.807) is 16.9 Å². The number of H-pyrrole nitrogens is 1. The number of benzene rings is 1. The second kappa shape index (κ2) is 10.1. The molecular weight excluding hydrogens is 477 g/mol. The van der Waals surface area contributed by atoms with Crippen LogP contribution in [-0.2, 0) is 22.5 Å². The molecule has 34 heavy (non-hydrogen) atoms. The van der Waals surface area contributed by atoms with Gasteiger partial charge in [0.1, 0.15) is 0 Å². The highest BCUT2D eigenvalue weighted by Crippen LogP contribution is 2.42. The quantitative estimate of drug-likeness (QED) is 0.600. The van der Waals surface area contributed by atoms with Gasteiger partial charge in [-0.15, -0.1) is 0 Å². The zero-order valence-electron chi connectivity index (χ0n) is 19.6. The van der Waals surface area contributed by atoms with Crippen LogP contribution in [0.5, 0.6) is 0 Å². The second-order valence-electron chi connectivity index (χ2n) is 9.17. The lowest BCUT2D eigenvalue weighted by molar-refractivity contribution is -0.120. The van der Waals surface area contributed by atoms with Gasteiger partial charge < -0.3 is 19.5 Å². The smallest absolute Gasteiger partial charge is 0.256 e. The van der Waals surface area contributed by atoms with Crippen molar-refractivity contribution >= 4 is 35.5 Å². The van der Waals surface area contributed by atoms with Gasteiger partial charge >= 0.3 is 0 Å². The number of fused-ring (bicyclic) bond motifs is 1. The number of pyridine rings is 1. The fourth-order valence-electron chi connectivity index (χ4n) is 5.18. The number of hydrogen-bond donors (Lipinski definition) is 1. The van der Waals surface area contributed by atoms with E-state index in [0.717, 1.165) is 36.1 Å². The summed E-state index contributed by atoms with van der Waals surface area (Å²) in [4.78, 5) is 43.4. The van der Waals surface area contributed by atoms with Crippen LogP contribution in [0.4, 0.5) is 0 Å². The highest BCUT2D eigenvalue weighted by atomic mass is 35.5. The first-order valence-electron chi connectivity index (χ1n) is 11.5. The molecular formula is C25H29Cl2N3O4. The largest absolute Gasteiger partial charge is 0.376 e. The monoisotopic (exact) mass is 505 g/mol. The fourth-order valence-corrected chi connectivity index (χ4v) is 5.85. The Bertz CT molecular complexity index is 1170. The van der Waals surface area contributed by atoms with Crippen LogP contribution in [0.2, 0.25) is 10.0 Å². The third-order valence-electron chi connectivity index (χ3n) is 7.03. The highest BCUT2D eigenvalue weighted by Gasteiger charge is 2.35. The number of aromatic amines is 1. The van der Waals surface area contributed by atoms with Crippen LogP contribution < -0.4 is 5.56 Å². The summed E-state index contributed by atoms with van der Waals surface area (Å²) in [5.41, 5.74) is 3.83. The normalized spacial score (nSPS) is 17.6. The molecule has 4 rings (SSSR count). The molecule has 1 saturated heterocycles. The van der Waals surface area contributed by atoms with Gasteiger partial charge in [-0.2, -0.15) is 0 Å². The lowest BCUT2D eigenvalue weighted by atomic mass is 9.85. The van der Waals surface area contributed by atoms with Gasteiger partial charge in [0.05, 0.1) is 23.2 Å². The molecule has 1 aromatic carbocycles. The number of halogens is 2. The van der Waals surface area contributed by atoms with Crippen molar-refractivity contribution in [2.75, 3.05) is 26.7 Å². The van der Waals surface area contributed by atoms with Crippen LogP contribution in [0.3, 0.4) is 0 Å². The molecule has 9 heteroatoms. The Balaban J connectivity index is 1.66. The topological polar surface area (TPSA) is 82.7 Å². The number of methoxy groups -OCH3 is 1. The van der Waals surface area contributed by atoms with Crippen molar-refractivity contribution in [2.24, 2.45) is 5.92 Å². The van der Waals surface area contributed by atoms with Gasteiger partial charge in [0.25, 0.3) is 11.5 Å². The fraction of sp³-hybridized carbons (Fsp3) is 0.480. The minimum Gasteiger partial charge on any atom is -0.376 e. The summed E-state index contributed by atoms with van der Waals surface area (Å²) in [7, 11) is 1.63. The Hall–Kier alpha value is -2.35. The average Bonchev–Trinajstić information content (AvgIpc) is 2.81. The minimum atomic E-state index is -0.338. The summed E-state index contributed by atoms with van der Waals surface area (Å²) < 4.78 is 5.85. The van der Waals surface area contributed by atoms with Crippen molar-refractivity contribution in [3.8, 4) is 0 Å². The lowest BCUT2D eigenvalue weighted by Gasteiger charge is -2.35. The van der Waals surface area contributed by atoms with Crippen LogP contribution in [0.25, 0.3) is 0 Å². The molecule has 1 fully saturated rings. The van der Waals surface area contributed by atoms with Crippen molar-refractivity contribution in [3.05, 3.63) is 66.0 Å². The van der Waals surface area contributed by atoms with Gasteiger partial charge in [-0.1, -0.05) is 23.2 Å². The molecule has 1 unspecified atom stereocenters. The van der Waals surface area contributed by atoms with Gasteiger partial charge in [-0.3, -0.25) is 14.4 Å². The van der Waals surface area contributed by atoms with Crippen LogP contribution in [0, 0.1) is 19.8 Å². The lowest BCUT2D eigenvalue weighted by Crippen LogP contribution is -2.39. The van der Waals surface area contributed by atoms with Crippen molar-refractivity contribution < 1.29 is 14.3 Å². The second-order valence-corrected chi connectivity index (χ2v) is 9.96. The molecule has 0 bridgehead atoms. The van der Waals surface area contributed by atoms with E-state index >= 15 is 0 Å². The summed E-state index contributed by atoms with van der Waals surface area (Å²) >= 11 is 13.5. The van der Waals surface area contributed by atoms with Crippen molar-refractivity contribution in [1.82, 2.24) is 14.8 Å². The summed E-state index contributed by atoms with van der Waals surface area (Å²) in [6, 6.07) is 3.72. The Kier molecular flexibility index (Phi) is 7.36. The maximum atomic E-state index is 13.6. The molecule has 3 heterocycles. The first-order valence-corrected chi connectivity index (χ1v) is 12.2. The average molecular weight is 506 g/mol. The first kappa shape index (κ1) is 24.8. The predicted octanol–water partition coefficient (Wildman–Crippen LogP) is 4.05. The highest BCUT2D eigenvalue weighted by molar-refractivity contribution is 6.37. The van der Waals surface area contributed by atoms with Gasteiger partial charge in [0, 0.05) is 48.6 Å². The van der Waals surface area contributed by atoms with Gasteiger partial charge in [0.2, 0.25) is 6.41 Å². The number of nitrogens with zero attached hydrogens (tertiary/aromatic N) is 2. The molecule has 2 aliphatic heterocycles. The summed E-state index contributed by atoms with van der Waals surface area (Å²) in [5.74, 6) is -0.0867. The molecule has 0 spiro atoms. The molecule has 0 aliphatic carbocycles. The number of nitrogens with one attached hydrogen (secondary N) is 1. The van der Waals surface area contributed by atoms with E-state index in [1.807, 2.05) is 26.0 Å². The number of hydrogen-bond acceptors (Lipinski definition) is 4.